The molecule has 124 valence electrons. The number of cyclic esters (lactones) is 1. The summed E-state index contributed by atoms with van der Waals surface area (Å²) in [5.41, 5.74) is 21.1. The first-order chi connectivity index (χ1) is 12.0. The predicted octanol–water partition coefficient (Wildman–Crippen LogP) is 2.90. The van der Waals surface area contributed by atoms with Crippen LogP contribution in [0, 0.1) is 0 Å². The van der Waals surface area contributed by atoms with Gasteiger partial charge in [-0.15, -0.1) is 0 Å². The van der Waals surface area contributed by atoms with Gasteiger partial charge in [0.2, 0.25) is 0 Å². The van der Waals surface area contributed by atoms with Gasteiger partial charge in [-0.2, -0.15) is 0 Å². The first kappa shape index (κ1) is 15.1. The summed E-state index contributed by atoms with van der Waals surface area (Å²) in [5, 5.41) is 0. The molecule has 0 saturated carbocycles. The van der Waals surface area contributed by atoms with E-state index in [-0.39, 0.29) is 0 Å². The van der Waals surface area contributed by atoms with Crippen LogP contribution in [0.3, 0.4) is 0 Å². The van der Waals surface area contributed by atoms with Crippen LogP contribution in [0.15, 0.2) is 66.7 Å². The number of hydrogen-bond donors (Lipinski definition) is 3. The molecule has 25 heavy (non-hydrogen) atoms. The van der Waals surface area contributed by atoms with Crippen molar-refractivity contribution in [2.45, 2.75) is 5.60 Å². The molecule has 0 fully saturated rings. The van der Waals surface area contributed by atoms with E-state index in [4.69, 9.17) is 21.9 Å². The maximum atomic E-state index is 12.6. The highest BCUT2D eigenvalue weighted by Crippen LogP contribution is 2.47. The lowest BCUT2D eigenvalue weighted by molar-refractivity contribution is 0.0251. The zero-order chi connectivity index (χ0) is 17.6. The summed E-state index contributed by atoms with van der Waals surface area (Å²) in [4.78, 5) is 12.6. The average molecular weight is 331 g/mol. The van der Waals surface area contributed by atoms with Crippen molar-refractivity contribution in [3.8, 4) is 0 Å². The van der Waals surface area contributed by atoms with Crippen molar-refractivity contribution in [1.29, 1.82) is 0 Å². The fraction of sp³-hybridized carbons (Fsp3) is 0.0500. The second-order valence-corrected chi connectivity index (χ2v) is 6.12. The van der Waals surface area contributed by atoms with Crippen molar-refractivity contribution in [3.05, 3.63) is 89.0 Å². The zero-order valence-corrected chi connectivity index (χ0v) is 13.4. The van der Waals surface area contributed by atoms with Gasteiger partial charge in [0.1, 0.15) is 0 Å². The third-order valence-electron chi connectivity index (χ3n) is 4.52. The Hall–Kier alpha value is -3.47. The number of esters is 1. The molecular formula is C20H17N3O2. The standard InChI is InChI=1S/C20H17N3O2/c21-14-5-1-12(2-6-14)20(13-3-7-15(22)8-4-13)18-10-9-16(23)11-17(18)19(24)25-20/h1-11H,21-23H2. The number of carbonyl (C=O) groups excluding carboxylic acids is 1. The third kappa shape index (κ3) is 2.21. The van der Waals surface area contributed by atoms with Gasteiger partial charge in [-0.3, -0.25) is 0 Å². The van der Waals surface area contributed by atoms with E-state index in [2.05, 4.69) is 0 Å². The van der Waals surface area contributed by atoms with Crippen LogP contribution in [0.4, 0.5) is 17.1 Å². The highest BCUT2D eigenvalue weighted by atomic mass is 16.6. The lowest BCUT2D eigenvalue weighted by Crippen LogP contribution is -2.29. The van der Waals surface area contributed by atoms with E-state index >= 15 is 0 Å². The van der Waals surface area contributed by atoms with Crippen molar-refractivity contribution in [3.63, 3.8) is 0 Å². The number of fused-ring (bicyclic) bond motifs is 1. The molecule has 5 heteroatoms. The maximum Gasteiger partial charge on any atom is 0.340 e. The lowest BCUT2D eigenvalue weighted by Gasteiger charge is -2.30. The predicted molar refractivity (Wildman–Crippen MR) is 97.9 cm³/mol. The van der Waals surface area contributed by atoms with E-state index in [0.29, 0.717) is 22.6 Å². The molecule has 6 N–H and O–H groups in total. The van der Waals surface area contributed by atoms with Crippen LogP contribution in [0.25, 0.3) is 0 Å². The van der Waals surface area contributed by atoms with Gasteiger partial charge >= 0.3 is 5.97 Å². The number of carbonyl (C=O) groups is 1. The largest absolute Gasteiger partial charge is 0.441 e. The molecule has 1 heterocycles. The second-order valence-electron chi connectivity index (χ2n) is 6.12. The Morgan fingerprint density at radius 2 is 1.16 bits per heavy atom. The molecule has 0 aromatic heterocycles. The fourth-order valence-corrected chi connectivity index (χ4v) is 3.32. The van der Waals surface area contributed by atoms with E-state index in [1.54, 1.807) is 36.4 Å². The highest BCUT2D eigenvalue weighted by Gasteiger charge is 2.48. The normalized spacial score (nSPS) is 14.8. The van der Waals surface area contributed by atoms with Crippen LogP contribution in [0.1, 0.15) is 27.0 Å². The van der Waals surface area contributed by atoms with E-state index in [9.17, 15) is 4.79 Å². The Morgan fingerprint density at radius 3 is 1.68 bits per heavy atom. The molecule has 0 spiro atoms. The molecule has 1 aliphatic heterocycles. The molecule has 3 aromatic rings. The quantitative estimate of drug-likeness (QED) is 0.495. The van der Waals surface area contributed by atoms with Crippen LogP contribution in [0.5, 0.6) is 0 Å². The second kappa shape index (κ2) is 5.27. The number of benzene rings is 3. The van der Waals surface area contributed by atoms with Crippen molar-refractivity contribution in [2.75, 3.05) is 17.2 Å². The van der Waals surface area contributed by atoms with Gasteiger partial charge < -0.3 is 21.9 Å². The smallest absolute Gasteiger partial charge is 0.340 e. The highest BCUT2D eigenvalue weighted by molar-refractivity contribution is 5.97. The Kier molecular flexibility index (Phi) is 3.18. The summed E-state index contributed by atoms with van der Waals surface area (Å²) in [7, 11) is 0. The van der Waals surface area contributed by atoms with Gasteiger partial charge in [0, 0.05) is 33.8 Å². The van der Waals surface area contributed by atoms with Gasteiger partial charge in [0.15, 0.2) is 5.60 Å². The molecule has 0 amide bonds. The summed E-state index contributed by atoms with van der Waals surface area (Å²) in [6, 6.07) is 19.9. The molecule has 0 bridgehead atoms. The Labute approximate surface area is 145 Å². The summed E-state index contributed by atoms with van der Waals surface area (Å²) in [5.74, 6) is -0.407. The summed E-state index contributed by atoms with van der Waals surface area (Å²) in [6.07, 6.45) is 0. The molecule has 5 nitrogen and oxygen atoms in total. The number of anilines is 3. The van der Waals surface area contributed by atoms with Crippen LogP contribution >= 0.6 is 0 Å². The van der Waals surface area contributed by atoms with Crippen LogP contribution < -0.4 is 17.2 Å². The lowest BCUT2D eigenvalue weighted by atomic mass is 9.79. The first-order valence-corrected chi connectivity index (χ1v) is 7.86. The van der Waals surface area contributed by atoms with Crippen molar-refractivity contribution in [2.24, 2.45) is 0 Å². The average Bonchev–Trinajstić information content (AvgIpc) is 2.89. The third-order valence-corrected chi connectivity index (χ3v) is 4.52. The SMILES string of the molecule is Nc1ccc(C2(c3ccc(N)cc3)OC(=O)c3cc(N)ccc32)cc1. The number of nitrogen functional groups attached to an aromatic ring is 3. The summed E-state index contributed by atoms with van der Waals surface area (Å²) < 4.78 is 5.95. The van der Waals surface area contributed by atoms with Gasteiger partial charge in [-0.1, -0.05) is 30.3 Å². The topological polar surface area (TPSA) is 104 Å². The molecule has 0 atom stereocenters. The Morgan fingerprint density at radius 1 is 0.680 bits per heavy atom. The van der Waals surface area contributed by atoms with Crippen molar-refractivity contribution >= 4 is 23.0 Å². The monoisotopic (exact) mass is 331 g/mol. The number of rotatable bonds is 2. The van der Waals surface area contributed by atoms with E-state index in [1.165, 1.54) is 0 Å². The molecule has 0 aliphatic carbocycles. The summed E-state index contributed by atoms with van der Waals surface area (Å²) in [6.45, 7) is 0. The first-order valence-electron chi connectivity index (χ1n) is 7.86. The number of nitrogens with two attached hydrogens (primary N) is 3. The molecule has 0 radical (unpaired) electrons. The fourth-order valence-electron chi connectivity index (χ4n) is 3.32. The summed E-state index contributed by atoms with van der Waals surface area (Å²) >= 11 is 0. The molecule has 4 rings (SSSR count). The molecule has 0 unspecified atom stereocenters. The van der Waals surface area contributed by atoms with Crippen LogP contribution in [-0.2, 0) is 10.3 Å². The van der Waals surface area contributed by atoms with E-state index in [1.807, 2.05) is 30.3 Å². The minimum atomic E-state index is -1.05. The van der Waals surface area contributed by atoms with Gasteiger partial charge in [0.05, 0.1) is 5.56 Å². The van der Waals surface area contributed by atoms with Gasteiger partial charge in [-0.05, 0) is 36.4 Å². The number of hydrogen-bond acceptors (Lipinski definition) is 5. The minimum absolute atomic E-state index is 0.407. The molecule has 3 aromatic carbocycles. The van der Waals surface area contributed by atoms with Crippen molar-refractivity contribution < 1.29 is 9.53 Å². The molecule has 0 saturated heterocycles. The Balaban J connectivity index is 2.03. The molecule has 1 aliphatic rings. The van der Waals surface area contributed by atoms with Gasteiger partial charge in [0.25, 0.3) is 0 Å². The zero-order valence-electron chi connectivity index (χ0n) is 13.4. The van der Waals surface area contributed by atoms with Crippen LogP contribution in [0.2, 0.25) is 0 Å². The number of ether oxygens (including phenoxy) is 1. The Bertz CT molecular complexity index is 918. The maximum absolute atomic E-state index is 12.6. The molecular weight excluding hydrogens is 314 g/mol. The minimum Gasteiger partial charge on any atom is -0.441 e. The van der Waals surface area contributed by atoms with E-state index < -0.39 is 11.6 Å². The van der Waals surface area contributed by atoms with Crippen molar-refractivity contribution in [1.82, 2.24) is 0 Å². The van der Waals surface area contributed by atoms with Gasteiger partial charge in [-0.25, -0.2) is 4.79 Å². The van der Waals surface area contributed by atoms with Crippen LogP contribution in [-0.4, -0.2) is 5.97 Å². The van der Waals surface area contributed by atoms with E-state index in [0.717, 1.165) is 16.7 Å².